The number of halogens is 1. The lowest BCUT2D eigenvalue weighted by Gasteiger charge is -2.02. The van der Waals surface area contributed by atoms with Gasteiger partial charge in [0.2, 0.25) is 5.95 Å². The molecule has 0 spiro atoms. The first-order valence-electron chi connectivity index (χ1n) is 6.57. The number of H-pyrrole nitrogens is 1. The molecule has 7 nitrogen and oxygen atoms in total. The van der Waals surface area contributed by atoms with Gasteiger partial charge in [0, 0.05) is 0 Å². The molecule has 8 heteroatoms. The number of hydrogen-bond acceptors (Lipinski definition) is 4. The average Bonchev–Trinajstić information content (AvgIpc) is 3.08. The van der Waals surface area contributed by atoms with E-state index < -0.39 is 0 Å². The van der Waals surface area contributed by atoms with Gasteiger partial charge in [-0.3, -0.25) is 15.2 Å². The van der Waals surface area contributed by atoms with Crippen molar-refractivity contribution in [3.8, 4) is 0 Å². The SMILES string of the molecule is Cc1cccc(Cn2cnc(NC(=O)c3[nH]ncc3I)n2)c1. The lowest BCUT2D eigenvalue weighted by molar-refractivity contribution is 0.102. The fourth-order valence-electron chi connectivity index (χ4n) is 2.02. The number of aryl methyl sites for hydroxylation is 1. The number of nitrogens with one attached hydrogen (secondary N) is 2. The van der Waals surface area contributed by atoms with Gasteiger partial charge in [0.1, 0.15) is 12.0 Å². The van der Waals surface area contributed by atoms with Crippen molar-refractivity contribution in [2.75, 3.05) is 5.32 Å². The molecule has 1 amide bonds. The zero-order valence-electron chi connectivity index (χ0n) is 11.7. The van der Waals surface area contributed by atoms with Crippen LogP contribution < -0.4 is 5.32 Å². The minimum atomic E-state index is -0.310. The first-order valence-corrected chi connectivity index (χ1v) is 7.65. The van der Waals surface area contributed by atoms with Crippen LogP contribution in [0.2, 0.25) is 0 Å². The number of amides is 1. The molecule has 0 atom stereocenters. The number of carbonyl (C=O) groups is 1. The van der Waals surface area contributed by atoms with E-state index in [1.807, 2.05) is 47.7 Å². The van der Waals surface area contributed by atoms with Gasteiger partial charge >= 0.3 is 0 Å². The third-order valence-electron chi connectivity index (χ3n) is 3.01. The summed E-state index contributed by atoms with van der Waals surface area (Å²) in [6.45, 7) is 2.65. The fourth-order valence-corrected chi connectivity index (χ4v) is 2.53. The maximum Gasteiger partial charge on any atom is 0.277 e. The van der Waals surface area contributed by atoms with Gasteiger partial charge in [-0.15, -0.1) is 5.10 Å². The van der Waals surface area contributed by atoms with E-state index in [0.717, 1.165) is 9.13 Å². The summed E-state index contributed by atoms with van der Waals surface area (Å²) in [6, 6.07) is 8.17. The van der Waals surface area contributed by atoms with E-state index in [1.165, 1.54) is 5.56 Å². The molecule has 2 N–H and O–H groups in total. The second-order valence-electron chi connectivity index (χ2n) is 4.80. The van der Waals surface area contributed by atoms with Crippen molar-refractivity contribution in [1.29, 1.82) is 0 Å². The number of benzene rings is 1. The Morgan fingerprint density at radius 1 is 1.45 bits per heavy atom. The Bertz CT molecular complexity index is 809. The summed E-state index contributed by atoms with van der Waals surface area (Å²) < 4.78 is 2.43. The molecular formula is C14H13IN6O. The molecule has 0 radical (unpaired) electrons. The number of rotatable bonds is 4. The Morgan fingerprint density at radius 3 is 3.05 bits per heavy atom. The Morgan fingerprint density at radius 2 is 2.32 bits per heavy atom. The summed E-state index contributed by atoms with van der Waals surface area (Å²) >= 11 is 2.04. The monoisotopic (exact) mass is 408 g/mol. The standard InChI is InChI=1S/C14H13IN6O/c1-9-3-2-4-10(5-9)7-21-8-16-14(20-21)18-13(22)12-11(15)6-17-19-12/h2-6,8H,7H2,1H3,(H,17,19)(H,18,20,22). The quantitative estimate of drug-likeness (QED) is 0.648. The number of hydrogen-bond donors (Lipinski definition) is 2. The average molecular weight is 408 g/mol. The van der Waals surface area contributed by atoms with E-state index in [9.17, 15) is 4.79 Å². The Balaban J connectivity index is 1.69. The molecule has 0 aliphatic rings. The molecule has 0 saturated carbocycles. The van der Waals surface area contributed by atoms with Gasteiger partial charge in [-0.25, -0.2) is 9.67 Å². The zero-order valence-corrected chi connectivity index (χ0v) is 13.9. The maximum absolute atomic E-state index is 12.0. The van der Waals surface area contributed by atoms with Gasteiger partial charge in [-0.2, -0.15) is 5.10 Å². The van der Waals surface area contributed by atoms with Gasteiger partial charge in [-0.1, -0.05) is 29.8 Å². The molecule has 3 rings (SSSR count). The van der Waals surface area contributed by atoms with Crippen molar-refractivity contribution in [1.82, 2.24) is 25.0 Å². The van der Waals surface area contributed by atoms with E-state index >= 15 is 0 Å². The summed E-state index contributed by atoms with van der Waals surface area (Å²) in [4.78, 5) is 16.1. The van der Waals surface area contributed by atoms with Crippen LogP contribution in [0.15, 0.2) is 36.8 Å². The van der Waals surface area contributed by atoms with Gasteiger partial charge in [0.05, 0.1) is 16.3 Å². The molecule has 0 saturated heterocycles. The molecule has 0 fully saturated rings. The zero-order chi connectivity index (χ0) is 15.5. The maximum atomic E-state index is 12.0. The second-order valence-corrected chi connectivity index (χ2v) is 5.96. The van der Waals surface area contributed by atoms with Crippen LogP contribution in [0.1, 0.15) is 21.6 Å². The third kappa shape index (κ3) is 3.32. The van der Waals surface area contributed by atoms with Crippen LogP contribution in [0.5, 0.6) is 0 Å². The molecule has 0 unspecified atom stereocenters. The number of aromatic nitrogens is 5. The van der Waals surface area contributed by atoms with Crippen LogP contribution in [0, 0.1) is 10.5 Å². The van der Waals surface area contributed by atoms with Crippen LogP contribution in [-0.4, -0.2) is 30.9 Å². The number of anilines is 1. The first-order chi connectivity index (χ1) is 10.6. The Kier molecular flexibility index (Phi) is 4.18. The van der Waals surface area contributed by atoms with E-state index in [0.29, 0.717) is 12.2 Å². The van der Waals surface area contributed by atoms with Crippen molar-refractivity contribution < 1.29 is 4.79 Å². The summed E-state index contributed by atoms with van der Waals surface area (Å²) in [5, 5.41) is 13.4. The molecule has 0 bridgehead atoms. The summed E-state index contributed by atoms with van der Waals surface area (Å²) in [5.74, 6) is -0.0433. The van der Waals surface area contributed by atoms with E-state index in [-0.39, 0.29) is 11.9 Å². The topological polar surface area (TPSA) is 88.5 Å². The molecular weight excluding hydrogens is 395 g/mol. The van der Waals surface area contributed by atoms with Crippen molar-refractivity contribution in [3.05, 3.63) is 57.2 Å². The molecule has 22 heavy (non-hydrogen) atoms. The van der Waals surface area contributed by atoms with Gasteiger partial charge < -0.3 is 0 Å². The van der Waals surface area contributed by atoms with Crippen LogP contribution >= 0.6 is 22.6 Å². The van der Waals surface area contributed by atoms with Crippen LogP contribution in [-0.2, 0) is 6.54 Å². The van der Waals surface area contributed by atoms with Crippen LogP contribution in [0.3, 0.4) is 0 Å². The fraction of sp³-hybridized carbons (Fsp3) is 0.143. The van der Waals surface area contributed by atoms with E-state index in [1.54, 1.807) is 17.2 Å². The highest BCUT2D eigenvalue weighted by atomic mass is 127. The molecule has 0 aliphatic heterocycles. The second kappa shape index (κ2) is 6.26. The van der Waals surface area contributed by atoms with Crippen molar-refractivity contribution in [2.45, 2.75) is 13.5 Å². The molecule has 2 heterocycles. The number of carbonyl (C=O) groups excluding carboxylic acids is 1. The minimum Gasteiger partial charge on any atom is -0.288 e. The molecule has 2 aromatic heterocycles. The van der Waals surface area contributed by atoms with Crippen molar-refractivity contribution in [2.24, 2.45) is 0 Å². The lowest BCUT2D eigenvalue weighted by Crippen LogP contribution is -2.15. The highest BCUT2D eigenvalue weighted by molar-refractivity contribution is 14.1. The van der Waals surface area contributed by atoms with Crippen molar-refractivity contribution >= 4 is 34.4 Å². The predicted octanol–water partition coefficient (Wildman–Crippen LogP) is 2.21. The highest BCUT2D eigenvalue weighted by Gasteiger charge is 2.14. The highest BCUT2D eigenvalue weighted by Crippen LogP contribution is 2.10. The molecule has 0 aliphatic carbocycles. The van der Waals surface area contributed by atoms with E-state index in [4.69, 9.17) is 0 Å². The minimum absolute atomic E-state index is 0.267. The van der Waals surface area contributed by atoms with Crippen LogP contribution in [0.25, 0.3) is 0 Å². The third-order valence-corrected chi connectivity index (χ3v) is 3.83. The number of nitrogens with zero attached hydrogens (tertiary/aromatic N) is 4. The van der Waals surface area contributed by atoms with Crippen molar-refractivity contribution in [3.63, 3.8) is 0 Å². The largest absolute Gasteiger partial charge is 0.288 e. The Labute approximate surface area is 140 Å². The summed E-state index contributed by atoms with van der Waals surface area (Å²) in [7, 11) is 0. The summed E-state index contributed by atoms with van der Waals surface area (Å²) in [5.41, 5.74) is 2.72. The molecule has 112 valence electrons. The van der Waals surface area contributed by atoms with Gasteiger partial charge in [0.25, 0.3) is 5.91 Å². The summed E-state index contributed by atoms with van der Waals surface area (Å²) in [6.07, 6.45) is 3.18. The smallest absolute Gasteiger partial charge is 0.277 e. The van der Waals surface area contributed by atoms with E-state index in [2.05, 4.69) is 31.7 Å². The lowest BCUT2D eigenvalue weighted by atomic mass is 10.1. The molecule has 1 aromatic carbocycles. The van der Waals surface area contributed by atoms with Crippen LogP contribution in [0.4, 0.5) is 5.95 Å². The van der Waals surface area contributed by atoms with Gasteiger partial charge in [0.15, 0.2) is 0 Å². The predicted molar refractivity (Wildman–Crippen MR) is 89.6 cm³/mol. The normalized spacial score (nSPS) is 10.6. The Hall–Kier alpha value is -2.23. The van der Waals surface area contributed by atoms with Gasteiger partial charge in [-0.05, 0) is 35.1 Å². The molecule has 3 aromatic rings. The number of aromatic amines is 1. The first kappa shape index (κ1) is 14.7.